The number of rotatable bonds is 2. The quantitative estimate of drug-likeness (QED) is 0.573. The van der Waals surface area contributed by atoms with Crippen LogP contribution in [0.1, 0.15) is 6.42 Å². The predicted octanol–water partition coefficient (Wildman–Crippen LogP) is 0.346. The molecule has 11 heavy (non-hydrogen) atoms. The molecule has 0 amide bonds. The molecule has 3 nitrogen and oxygen atoms in total. The molecule has 3 atom stereocenters. The lowest BCUT2D eigenvalue weighted by atomic mass is 10.0. The maximum atomic E-state index is 12.7. The highest BCUT2D eigenvalue weighted by Crippen LogP contribution is 2.23. The summed E-state index contributed by atoms with van der Waals surface area (Å²) in [6, 6.07) is 0. The average Bonchev–Trinajstić information content (AvgIpc) is 2.33. The fourth-order valence-corrected chi connectivity index (χ4v) is 1.12. The van der Waals surface area contributed by atoms with Gasteiger partial charge in [0.25, 0.3) is 0 Å². The van der Waals surface area contributed by atoms with E-state index in [-0.39, 0.29) is 0 Å². The Kier molecular flexibility index (Phi) is 2.24. The lowest BCUT2D eigenvalue weighted by Crippen LogP contribution is -2.30. The molecule has 0 aromatic heterocycles. The van der Waals surface area contributed by atoms with Crippen molar-refractivity contribution in [2.24, 2.45) is 5.92 Å². The number of aliphatic hydroxyl groups excluding tert-OH is 1. The summed E-state index contributed by atoms with van der Waals surface area (Å²) in [7, 11) is 0. The molecule has 0 fully saturated rings. The van der Waals surface area contributed by atoms with Crippen molar-refractivity contribution in [3.05, 3.63) is 12.2 Å². The lowest BCUT2D eigenvalue weighted by molar-refractivity contribution is -0.145. The third kappa shape index (κ3) is 1.57. The standard InChI is InChI=1S/C7H9FO3/c8-6(7(10)11)4-2-1-3-5(4)9/h1-2,4-6,9H,3H2,(H,10,11)/t4-,5-,6?/m1/s1. The number of carbonyl (C=O) groups is 1. The summed E-state index contributed by atoms with van der Waals surface area (Å²) in [5.74, 6) is -2.38. The molecule has 4 heteroatoms. The van der Waals surface area contributed by atoms with E-state index in [4.69, 9.17) is 10.2 Å². The molecular weight excluding hydrogens is 151 g/mol. The van der Waals surface area contributed by atoms with Crippen LogP contribution in [0.15, 0.2) is 12.2 Å². The molecule has 62 valence electrons. The third-order valence-electron chi connectivity index (χ3n) is 1.75. The Morgan fingerprint density at radius 2 is 2.36 bits per heavy atom. The topological polar surface area (TPSA) is 57.5 Å². The Hall–Kier alpha value is -0.900. The van der Waals surface area contributed by atoms with Crippen molar-refractivity contribution in [1.29, 1.82) is 0 Å². The molecule has 1 aliphatic carbocycles. The van der Waals surface area contributed by atoms with Crippen LogP contribution in [-0.2, 0) is 4.79 Å². The summed E-state index contributed by atoms with van der Waals surface area (Å²) in [6.07, 6.45) is 0.483. The highest BCUT2D eigenvalue weighted by atomic mass is 19.1. The molecule has 2 N–H and O–H groups in total. The van der Waals surface area contributed by atoms with Gasteiger partial charge in [-0.2, -0.15) is 0 Å². The Bertz CT molecular complexity index is 190. The van der Waals surface area contributed by atoms with E-state index in [0.717, 1.165) is 0 Å². The van der Waals surface area contributed by atoms with Crippen molar-refractivity contribution in [2.75, 3.05) is 0 Å². The summed E-state index contributed by atoms with van der Waals surface area (Å²) in [4.78, 5) is 10.1. The molecule has 0 radical (unpaired) electrons. The third-order valence-corrected chi connectivity index (χ3v) is 1.75. The van der Waals surface area contributed by atoms with Crippen LogP contribution < -0.4 is 0 Å². The molecular formula is C7H9FO3. The number of aliphatic carboxylic acids is 1. The van der Waals surface area contributed by atoms with Crippen molar-refractivity contribution >= 4 is 5.97 Å². The maximum Gasteiger partial charge on any atom is 0.339 e. The highest BCUT2D eigenvalue weighted by Gasteiger charge is 2.33. The van der Waals surface area contributed by atoms with Gasteiger partial charge in [-0.3, -0.25) is 0 Å². The van der Waals surface area contributed by atoms with Crippen molar-refractivity contribution in [2.45, 2.75) is 18.7 Å². The number of alkyl halides is 1. The van der Waals surface area contributed by atoms with Crippen LogP contribution in [0, 0.1) is 5.92 Å². The first-order chi connectivity index (χ1) is 5.13. The zero-order chi connectivity index (χ0) is 8.43. The van der Waals surface area contributed by atoms with Gasteiger partial charge < -0.3 is 10.2 Å². The molecule has 1 aliphatic rings. The molecule has 0 bridgehead atoms. The van der Waals surface area contributed by atoms with E-state index in [1.54, 1.807) is 6.08 Å². The Morgan fingerprint density at radius 3 is 2.73 bits per heavy atom. The normalized spacial score (nSPS) is 32.2. The van der Waals surface area contributed by atoms with Gasteiger partial charge in [-0.1, -0.05) is 12.2 Å². The second-order valence-electron chi connectivity index (χ2n) is 2.55. The largest absolute Gasteiger partial charge is 0.479 e. The van der Waals surface area contributed by atoms with Crippen LogP contribution in [-0.4, -0.2) is 28.5 Å². The molecule has 1 rings (SSSR count). The first kappa shape index (κ1) is 8.20. The van der Waals surface area contributed by atoms with E-state index in [1.807, 2.05) is 0 Å². The number of aliphatic hydroxyl groups is 1. The molecule has 0 aromatic rings. The van der Waals surface area contributed by atoms with Crippen molar-refractivity contribution in [3.8, 4) is 0 Å². The Labute approximate surface area is 63.1 Å². The number of hydrogen-bond donors (Lipinski definition) is 2. The van der Waals surface area contributed by atoms with Crippen molar-refractivity contribution < 1.29 is 19.4 Å². The van der Waals surface area contributed by atoms with Gasteiger partial charge in [0.1, 0.15) is 0 Å². The maximum absolute atomic E-state index is 12.7. The van der Waals surface area contributed by atoms with E-state index in [0.29, 0.717) is 6.42 Å². The monoisotopic (exact) mass is 160 g/mol. The number of carboxylic acids is 1. The van der Waals surface area contributed by atoms with E-state index < -0.39 is 24.2 Å². The van der Waals surface area contributed by atoms with E-state index in [2.05, 4.69) is 0 Å². The van der Waals surface area contributed by atoms with Crippen LogP contribution in [0.5, 0.6) is 0 Å². The van der Waals surface area contributed by atoms with Crippen LogP contribution in [0.25, 0.3) is 0 Å². The summed E-state index contributed by atoms with van der Waals surface area (Å²) < 4.78 is 12.7. The van der Waals surface area contributed by atoms with Gasteiger partial charge in [0.2, 0.25) is 6.17 Å². The fraction of sp³-hybridized carbons (Fsp3) is 0.571. The smallest absolute Gasteiger partial charge is 0.339 e. The highest BCUT2D eigenvalue weighted by molar-refractivity contribution is 5.73. The molecule has 0 aromatic carbocycles. The Balaban J connectivity index is 2.59. The SMILES string of the molecule is O=C(O)C(F)[C@@H]1C=CC[C@H]1O. The van der Waals surface area contributed by atoms with E-state index in [9.17, 15) is 9.18 Å². The average molecular weight is 160 g/mol. The van der Waals surface area contributed by atoms with Gasteiger partial charge in [-0.15, -0.1) is 0 Å². The van der Waals surface area contributed by atoms with Gasteiger partial charge in [-0.05, 0) is 6.42 Å². The lowest BCUT2D eigenvalue weighted by Gasteiger charge is -2.14. The molecule has 0 spiro atoms. The van der Waals surface area contributed by atoms with Gasteiger partial charge in [-0.25, -0.2) is 9.18 Å². The van der Waals surface area contributed by atoms with Crippen LogP contribution in [0.4, 0.5) is 4.39 Å². The molecule has 0 saturated carbocycles. The summed E-state index contributed by atoms with van der Waals surface area (Å²) in [5.41, 5.74) is 0. The van der Waals surface area contributed by atoms with Gasteiger partial charge in [0, 0.05) is 5.92 Å². The number of carboxylic acid groups (broad SMARTS) is 1. The Morgan fingerprint density at radius 1 is 1.73 bits per heavy atom. The first-order valence-corrected chi connectivity index (χ1v) is 3.34. The molecule has 0 saturated heterocycles. The minimum Gasteiger partial charge on any atom is -0.479 e. The zero-order valence-electron chi connectivity index (χ0n) is 5.77. The molecule has 0 aliphatic heterocycles. The van der Waals surface area contributed by atoms with Gasteiger partial charge in [0.15, 0.2) is 0 Å². The van der Waals surface area contributed by atoms with Gasteiger partial charge in [0.05, 0.1) is 6.10 Å². The second kappa shape index (κ2) is 3.00. The van der Waals surface area contributed by atoms with E-state index in [1.165, 1.54) is 6.08 Å². The van der Waals surface area contributed by atoms with Crippen LogP contribution in [0.2, 0.25) is 0 Å². The van der Waals surface area contributed by atoms with E-state index >= 15 is 0 Å². The fourth-order valence-electron chi connectivity index (χ4n) is 1.12. The summed E-state index contributed by atoms with van der Waals surface area (Å²) >= 11 is 0. The van der Waals surface area contributed by atoms with Crippen LogP contribution >= 0.6 is 0 Å². The number of hydrogen-bond acceptors (Lipinski definition) is 2. The van der Waals surface area contributed by atoms with Gasteiger partial charge >= 0.3 is 5.97 Å². The minimum absolute atomic E-state index is 0.346. The predicted molar refractivity (Wildman–Crippen MR) is 35.8 cm³/mol. The first-order valence-electron chi connectivity index (χ1n) is 3.34. The second-order valence-corrected chi connectivity index (χ2v) is 2.55. The summed E-state index contributed by atoms with van der Waals surface area (Å²) in [5, 5.41) is 17.3. The van der Waals surface area contributed by atoms with Crippen molar-refractivity contribution in [3.63, 3.8) is 0 Å². The molecule has 1 unspecified atom stereocenters. The zero-order valence-corrected chi connectivity index (χ0v) is 5.77. The van der Waals surface area contributed by atoms with Crippen molar-refractivity contribution in [1.82, 2.24) is 0 Å². The minimum atomic E-state index is -1.98. The van der Waals surface area contributed by atoms with Crippen LogP contribution in [0.3, 0.4) is 0 Å². The molecule has 0 heterocycles. The number of halogens is 1. The summed E-state index contributed by atoms with van der Waals surface area (Å²) in [6.45, 7) is 0.